The van der Waals surface area contributed by atoms with Crippen molar-refractivity contribution in [1.29, 1.82) is 0 Å². The minimum absolute atomic E-state index is 0.0870. The molecule has 0 radical (unpaired) electrons. The van der Waals surface area contributed by atoms with Crippen molar-refractivity contribution >= 4 is 12.1 Å². The normalized spacial score (nSPS) is 16.4. The molecular formula is C34H27F6NO5. The van der Waals surface area contributed by atoms with Crippen LogP contribution in [0.4, 0.5) is 31.1 Å². The molecular weight excluding hydrogens is 616 g/mol. The van der Waals surface area contributed by atoms with Gasteiger partial charge in [0.1, 0.15) is 11.9 Å². The number of ether oxygens (including phenoxy) is 3. The van der Waals surface area contributed by atoms with Gasteiger partial charge in [-0.05, 0) is 90.2 Å². The minimum Gasteiger partial charge on any atom is -0.496 e. The summed E-state index contributed by atoms with van der Waals surface area (Å²) in [5, 5.41) is 0. The first-order chi connectivity index (χ1) is 21.7. The molecule has 1 saturated heterocycles. The Kier molecular flexibility index (Phi) is 8.74. The molecule has 1 amide bonds. The molecule has 0 N–H and O–H groups in total. The molecule has 0 saturated carbocycles. The SMILES string of the molecule is COC(=O)c1ccc(-c2ccc(OC)c(-c3ccc(C(F)(F)F)cc3CN3C(=O)O[C@H](c4cc(F)c(F)c(F)c4)[C@@H]3C)c2)c(C)c1. The van der Waals surface area contributed by atoms with Crippen LogP contribution in [0.5, 0.6) is 5.75 Å². The van der Waals surface area contributed by atoms with Crippen molar-refractivity contribution < 1.29 is 50.1 Å². The Morgan fingerprint density at radius 3 is 2.17 bits per heavy atom. The molecule has 4 aromatic carbocycles. The molecule has 0 aliphatic carbocycles. The Morgan fingerprint density at radius 2 is 1.57 bits per heavy atom. The van der Waals surface area contributed by atoms with E-state index in [0.29, 0.717) is 40.1 Å². The van der Waals surface area contributed by atoms with E-state index in [0.717, 1.165) is 28.2 Å². The summed E-state index contributed by atoms with van der Waals surface area (Å²) in [4.78, 5) is 26.1. The fourth-order valence-electron chi connectivity index (χ4n) is 5.56. The lowest BCUT2D eigenvalue weighted by atomic mass is 9.91. The standard InChI is InChI=1S/C34H27F6NO5/c1-17-11-20(32(42)45-4)5-8-24(17)19-6-10-29(44-3)26(13-19)25-9-7-23(34(38,39)40)12-22(25)16-41-18(2)31(46-33(41)43)21-14-27(35)30(37)28(36)15-21/h5-15,18,31H,16H2,1-4H3/t18-,31-/m0/s1. The first-order valence-electron chi connectivity index (χ1n) is 13.9. The maximum atomic E-state index is 14.0. The van der Waals surface area contributed by atoms with Gasteiger partial charge < -0.3 is 14.2 Å². The number of nitrogens with zero attached hydrogens (tertiary/aromatic N) is 1. The maximum absolute atomic E-state index is 14.0. The van der Waals surface area contributed by atoms with E-state index in [-0.39, 0.29) is 17.7 Å². The second-order valence-electron chi connectivity index (χ2n) is 10.8. The average Bonchev–Trinajstić information content (AvgIpc) is 3.30. The highest BCUT2D eigenvalue weighted by Crippen LogP contribution is 2.42. The van der Waals surface area contributed by atoms with Crippen molar-refractivity contribution in [3.63, 3.8) is 0 Å². The average molecular weight is 644 g/mol. The van der Waals surface area contributed by atoms with E-state index in [1.165, 1.54) is 27.2 Å². The van der Waals surface area contributed by atoms with Crippen LogP contribution >= 0.6 is 0 Å². The predicted molar refractivity (Wildman–Crippen MR) is 155 cm³/mol. The van der Waals surface area contributed by atoms with Crippen molar-refractivity contribution in [2.75, 3.05) is 14.2 Å². The van der Waals surface area contributed by atoms with Gasteiger partial charge in [0.15, 0.2) is 17.5 Å². The first kappa shape index (κ1) is 32.4. The lowest BCUT2D eigenvalue weighted by Gasteiger charge is -2.24. The number of carbonyl (C=O) groups is 2. The molecule has 46 heavy (non-hydrogen) atoms. The maximum Gasteiger partial charge on any atom is 0.416 e. The number of rotatable bonds is 7. The van der Waals surface area contributed by atoms with Crippen LogP contribution in [0, 0.1) is 24.4 Å². The second kappa shape index (κ2) is 12.4. The third-order valence-electron chi connectivity index (χ3n) is 7.95. The summed E-state index contributed by atoms with van der Waals surface area (Å²) in [7, 11) is 2.68. The van der Waals surface area contributed by atoms with Crippen LogP contribution in [0.15, 0.2) is 66.7 Å². The zero-order valence-corrected chi connectivity index (χ0v) is 25.0. The van der Waals surface area contributed by atoms with Crippen LogP contribution in [-0.2, 0) is 22.2 Å². The summed E-state index contributed by atoms with van der Waals surface area (Å²) in [6.07, 6.45) is -6.87. The Hall–Kier alpha value is -5.00. The van der Waals surface area contributed by atoms with Crippen molar-refractivity contribution in [3.8, 4) is 28.0 Å². The smallest absolute Gasteiger partial charge is 0.416 e. The van der Waals surface area contributed by atoms with E-state index in [4.69, 9.17) is 14.2 Å². The highest BCUT2D eigenvalue weighted by atomic mass is 19.4. The molecule has 2 atom stereocenters. The zero-order valence-electron chi connectivity index (χ0n) is 25.0. The predicted octanol–water partition coefficient (Wildman–Crippen LogP) is 8.64. The molecule has 6 nitrogen and oxygen atoms in total. The lowest BCUT2D eigenvalue weighted by Crippen LogP contribution is -2.31. The van der Waals surface area contributed by atoms with Crippen LogP contribution in [0.1, 0.15) is 45.6 Å². The third-order valence-corrected chi connectivity index (χ3v) is 7.95. The van der Waals surface area contributed by atoms with E-state index < -0.39 is 53.4 Å². The molecule has 1 aliphatic rings. The summed E-state index contributed by atoms with van der Waals surface area (Å²) in [5.41, 5.74) is 2.20. The van der Waals surface area contributed by atoms with Gasteiger partial charge >= 0.3 is 18.2 Å². The molecule has 1 heterocycles. The summed E-state index contributed by atoms with van der Waals surface area (Å²) in [5.74, 6) is -4.80. The van der Waals surface area contributed by atoms with Crippen LogP contribution in [0.3, 0.4) is 0 Å². The Bertz CT molecular complexity index is 1820. The van der Waals surface area contributed by atoms with Crippen molar-refractivity contribution in [1.82, 2.24) is 4.90 Å². The number of alkyl halides is 3. The fourth-order valence-corrected chi connectivity index (χ4v) is 5.56. The van der Waals surface area contributed by atoms with Gasteiger partial charge in [0, 0.05) is 11.1 Å². The number of amides is 1. The topological polar surface area (TPSA) is 65.1 Å². The second-order valence-corrected chi connectivity index (χ2v) is 10.8. The number of carbonyl (C=O) groups excluding carboxylic acids is 2. The van der Waals surface area contributed by atoms with Gasteiger partial charge in [-0.2, -0.15) is 13.2 Å². The van der Waals surface area contributed by atoms with E-state index in [1.807, 2.05) is 0 Å². The number of cyclic esters (lactones) is 1. The van der Waals surface area contributed by atoms with Crippen molar-refractivity contribution in [2.24, 2.45) is 0 Å². The fraction of sp³-hybridized carbons (Fsp3) is 0.235. The summed E-state index contributed by atoms with van der Waals surface area (Å²) in [6.45, 7) is 2.93. The van der Waals surface area contributed by atoms with Gasteiger partial charge in [-0.3, -0.25) is 4.90 Å². The molecule has 0 aromatic heterocycles. The molecule has 0 spiro atoms. The highest BCUT2D eigenvalue weighted by Gasteiger charge is 2.41. The van der Waals surface area contributed by atoms with E-state index in [9.17, 15) is 35.9 Å². The van der Waals surface area contributed by atoms with Crippen molar-refractivity contribution in [3.05, 3.63) is 112 Å². The van der Waals surface area contributed by atoms with Gasteiger partial charge in [0.05, 0.1) is 37.9 Å². The highest BCUT2D eigenvalue weighted by molar-refractivity contribution is 5.91. The van der Waals surface area contributed by atoms with Crippen LogP contribution in [0.25, 0.3) is 22.3 Å². The zero-order chi connectivity index (χ0) is 33.5. The monoisotopic (exact) mass is 643 g/mol. The lowest BCUT2D eigenvalue weighted by molar-refractivity contribution is -0.137. The number of esters is 1. The number of hydrogen-bond acceptors (Lipinski definition) is 5. The van der Waals surface area contributed by atoms with Crippen molar-refractivity contribution in [2.45, 2.75) is 38.7 Å². The quantitative estimate of drug-likeness (QED) is 0.115. The molecule has 5 rings (SSSR count). The molecule has 12 heteroatoms. The van der Waals surface area contributed by atoms with Crippen LogP contribution in [-0.4, -0.2) is 37.2 Å². The summed E-state index contributed by atoms with van der Waals surface area (Å²) >= 11 is 0. The van der Waals surface area contributed by atoms with Crippen LogP contribution in [0.2, 0.25) is 0 Å². The molecule has 1 aliphatic heterocycles. The number of halogens is 6. The van der Waals surface area contributed by atoms with E-state index >= 15 is 0 Å². The molecule has 0 unspecified atom stereocenters. The van der Waals surface area contributed by atoms with Gasteiger partial charge in [-0.25, -0.2) is 22.8 Å². The number of hydrogen-bond donors (Lipinski definition) is 0. The summed E-state index contributed by atoms with van der Waals surface area (Å²) < 4.78 is 98.9. The third kappa shape index (κ3) is 6.11. The molecule has 0 bridgehead atoms. The molecule has 240 valence electrons. The van der Waals surface area contributed by atoms with E-state index in [2.05, 4.69) is 0 Å². The van der Waals surface area contributed by atoms with Crippen LogP contribution < -0.4 is 4.74 Å². The Morgan fingerprint density at radius 1 is 0.891 bits per heavy atom. The van der Waals surface area contributed by atoms with E-state index in [1.54, 1.807) is 43.3 Å². The van der Waals surface area contributed by atoms with Gasteiger partial charge in [0.2, 0.25) is 0 Å². The summed E-state index contributed by atoms with van der Waals surface area (Å²) in [6, 6.07) is 13.8. The minimum atomic E-state index is -4.71. The Labute approximate surface area is 260 Å². The molecule has 4 aromatic rings. The van der Waals surface area contributed by atoms with Gasteiger partial charge in [-0.15, -0.1) is 0 Å². The van der Waals surface area contributed by atoms with Gasteiger partial charge in [-0.1, -0.05) is 18.2 Å². The number of benzene rings is 4. The molecule has 1 fully saturated rings. The number of aryl methyl sites for hydroxylation is 1. The van der Waals surface area contributed by atoms with Gasteiger partial charge in [0.25, 0.3) is 0 Å². The largest absolute Gasteiger partial charge is 0.496 e. The Balaban J connectivity index is 1.58. The number of methoxy groups -OCH3 is 2. The first-order valence-corrected chi connectivity index (χ1v) is 13.9.